The average molecular weight is 436 g/mol. The molecule has 1 fully saturated rings. The van der Waals surface area contributed by atoms with Crippen LogP contribution in [0.4, 0.5) is 17.6 Å². The minimum atomic E-state index is -1.28. The second-order valence-electron chi connectivity index (χ2n) is 8.75. The zero-order valence-corrected chi connectivity index (χ0v) is 18.0. The third kappa shape index (κ3) is 4.13. The lowest BCUT2D eigenvalue weighted by atomic mass is 9.80. The maximum Gasteiger partial charge on any atom is 0.201 e. The van der Waals surface area contributed by atoms with Gasteiger partial charge in [-0.25, -0.2) is 13.2 Å². The van der Waals surface area contributed by atoms with Crippen LogP contribution in [0.3, 0.4) is 0 Å². The number of furan rings is 1. The summed E-state index contributed by atoms with van der Waals surface area (Å²) >= 11 is 0. The van der Waals surface area contributed by atoms with Gasteiger partial charge >= 0.3 is 0 Å². The molecule has 0 aliphatic heterocycles. The fourth-order valence-corrected chi connectivity index (χ4v) is 4.84. The topological polar surface area (TPSA) is 22.4 Å². The summed E-state index contributed by atoms with van der Waals surface area (Å²) in [5.74, 6) is -3.95. The molecule has 2 aromatic carbocycles. The Morgan fingerprint density at radius 3 is 2.06 bits per heavy atom. The highest BCUT2D eigenvalue weighted by molar-refractivity contribution is 6.06. The van der Waals surface area contributed by atoms with E-state index in [-0.39, 0.29) is 33.3 Å². The van der Waals surface area contributed by atoms with Crippen LogP contribution in [0.5, 0.6) is 5.75 Å². The molecule has 0 saturated heterocycles. The largest absolute Gasteiger partial charge is 0.490 e. The van der Waals surface area contributed by atoms with Gasteiger partial charge in [-0.3, -0.25) is 0 Å². The van der Waals surface area contributed by atoms with Crippen LogP contribution in [0.25, 0.3) is 21.9 Å². The van der Waals surface area contributed by atoms with Crippen LogP contribution >= 0.6 is 0 Å². The van der Waals surface area contributed by atoms with Gasteiger partial charge in [0, 0.05) is 6.07 Å². The fraction of sp³-hybridized carbons (Fsp3) is 0.520. The van der Waals surface area contributed by atoms with Gasteiger partial charge < -0.3 is 9.15 Å². The zero-order valence-electron chi connectivity index (χ0n) is 18.0. The van der Waals surface area contributed by atoms with Crippen molar-refractivity contribution in [3.05, 3.63) is 41.0 Å². The molecule has 2 nitrogen and oxygen atoms in total. The highest BCUT2D eigenvalue weighted by atomic mass is 19.2. The Morgan fingerprint density at radius 1 is 0.806 bits per heavy atom. The second kappa shape index (κ2) is 9.09. The van der Waals surface area contributed by atoms with Gasteiger partial charge in [0.15, 0.2) is 23.2 Å². The number of fused-ring (bicyclic) bond motifs is 3. The first-order valence-electron chi connectivity index (χ1n) is 11.3. The maximum atomic E-state index is 14.9. The normalized spacial score (nSPS) is 19.4. The zero-order chi connectivity index (χ0) is 22.1. The number of ether oxygens (including phenoxy) is 1. The molecule has 6 heteroatoms. The molecule has 0 atom stereocenters. The van der Waals surface area contributed by atoms with Crippen molar-refractivity contribution in [3.63, 3.8) is 0 Å². The lowest BCUT2D eigenvalue weighted by Gasteiger charge is -2.28. The van der Waals surface area contributed by atoms with Gasteiger partial charge in [-0.05, 0) is 42.7 Å². The van der Waals surface area contributed by atoms with Gasteiger partial charge in [0.2, 0.25) is 5.82 Å². The average Bonchev–Trinajstić information content (AvgIpc) is 3.13. The summed E-state index contributed by atoms with van der Waals surface area (Å²) in [6.45, 7) is 4.32. The molecular formula is C25H28F4O2. The van der Waals surface area contributed by atoms with Crippen LogP contribution in [0.2, 0.25) is 0 Å². The molecule has 0 bridgehead atoms. The maximum absolute atomic E-state index is 14.9. The molecule has 0 spiro atoms. The van der Waals surface area contributed by atoms with Crippen molar-refractivity contribution in [2.75, 3.05) is 6.61 Å². The monoisotopic (exact) mass is 436 g/mol. The number of hydrogen-bond donors (Lipinski definition) is 0. The van der Waals surface area contributed by atoms with Crippen LogP contribution in [-0.2, 0) is 6.42 Å². The second-order valence-corrected chi connectivity index (χ2v) is 8.75. The minimum Gasteiger partial charge on any atom is -0.490 e. The van der Waals surface area contributed by atoms with E-state index < -0.39 is 23.3 Å². The van der Waals surface area contributed by atoms with Gasteiger partial charge in [0.05, 0.1) is 17.4 Å². The number of rotatable bonds is 7. The Balaban J connectivity index is 1.62. The van der Waals surface area contributed by atoms with Crippen molar-refractivity contribution in [2.45, 2.75) is 65.2 Å². The number of hydrogen-bond acceptors (Lipinski definition) is 2. The van der Waals surface area contributed by atoms with Crippen LogP contribution in [-0.4, -0.2) is 6.61 Å². The van der Waals surface area contributed by atoms with Crippen molar-refractivity contribution in [3.8, 4) is 5.75 Å². The highest BCUT2D eigenvalue weighted by Crippen LogP contribution is 2.39. The molecule has 0 radical (unpaired) electrons. The summed E-state index contributed by atoms with van der Waals surface area (Å²) in [5, 5.41) is -0.760. The first-order valence-corrected chi connectivity index (χ1v) is 11.3. The molecule has 31 heavy (non-hydrogen) atoms. The summed E-state index contributed by atoms with van der Waals surface area (Å²) in [7, 11) is 0. The quantitative estimate of drug-likeness (QED) is 0.349. The fourth-order valence-electron chi connectivity index (χ4n) is 4.84. The summed E-state index contributed by atoms with van der Waals surface area (Å²) < 4.78 is 69.9. The Kier molecular flexibility index (Phi) is 6.44. The third-order valence-electron chi connectivity index (χ3n) is 6.51. The first kappa shape index (κ1) is 22.0. The lowest BCUT2D eigenvalue weighted by molar-refractivity contribution is 0.173. The molecule has 1 aliphatic rings. The highest BCUT2D eigenvalue weighted by Gasteiger charge is 2.26. The van der Waals surface area contributed by atoms with Crippen molar-refractivity contribution >= 4 is 21.9 Å². The molecule has 168 valence electrons. The summed E-state index contributed by atoms with van der Waals surface area (Å²) in [6.07, 6.45) is 7.62. The van der Waals surface area contributed by atoms with Crippen LogP contribution in [0, 0.1) is 35.1 Å². The molecule has 0 N–H and O–H groups in total. The van der Waals surface area contributed by atoms with Gasteiger partial charge in [0.25, 0.3) is 0 Å². The van der Waals surface area contributed by atoms with Crippen molar-refractivity contribution < 1.29 is 26.7 Å². The summed E-state index contributed by atoms with van der Waals surface area (Å²) in [5.41, 5.74) is 0.104. The number of halogens is 4. The Hall–Kier alpha value is -2.24. The molecule has 1 aromatic heterocycles. The van der Waals surface area contributed by atoms with E-state index in [1.807, 2.05) is 6.92 Å². The van der Waals surface area contributed by atoms with E-state index in [0.29, 0.717) is 25.4 Å². The van der Waals surface area contributed by atoms with E-state index in [4.69, 9.17) is 9.15 Å². The van der Waals surface area contributed by atoms with Crippen molar-refractivity contribution in [1.29, 1.82) is 0 Å². The smallest absolute Gasteiger partial charge is 0.201 e. The third-order valence-corrected chi connectivity index (χ3v) is 6.51. The lowest BCUT2D eigenvalue weighted by Crippen LogP contribution is -2.20. The van der Waals surface area contributed by atoms with E-state index in [2.05, 4.69) is 6.92 Å². The molecule has 4 rings (SSSR count). The minimum absolute atomic E-state index is 0.00189. The number of aryl methyl sites for hydroxylation is 1. The predicted octanol–water partition coefficient (Wildman–Crippen LogP) is 8.08. The Labute approximate surface area is 179 Å². The summed E-state index contributed by atoms with van der Waals surface area (Å²) in [6, 6.07) is 2.61. The van der Waals surface area contributed by atoms with E-state index in [1.165, 1.54) is 25.0 Å². The van der Waals surface area contributed by atoms with Gasteiger partial charge in [-0.2, -0.15) is 4.39 Å². The molecular weight excluding hydrogens is 408 g/mol. The van der Waals surface area contributed by atoms with E-state index in [9.17, 15) is 17.6 Å². The molecule has 3 aromatic rings. The molecule has 1 aliphatic carbocycles. The van der Waals surface area contributed by atoms with Crippen LogP contribution in [0.1, 0.15) is 64.4 Å². The molecule has 0 unspecified atom stereocenters. The van der Waals surface area contributed by atoms with E-state index in [1.54, 1.807) is 0 Å². The van der Waals surface area contributed by atoms with E-state index in [0.717, 1.165) is 31.6 Å². The Bertz CT molecular complexity index is 1080. The summed E-state index contributed by atoms with van der Waals surface area (Å²) in [4.78, 5) is 0. The molecule has 0 amide bonds. The van der Waals surface area contributed by atoms with Crippen LogP contribution in [0.15, 0.2) is 16.5 Å². The standard InChI is InChI=1S/C25H28F4O2/c1-3-5-14-7-9-15(10-8-14)13-30-19-12-18-21(25(29)23(19)27)20-17(31-18)11-16(6-4-2)22(26)24(20)28/h11-12,14-15H,3-10,13H2,1-2H3. The van der Waals surface area contributed by atoms with Crippen molar-refractivity contribution in [1.82, 2.24) is 0 Å². The molecule has 1 heterocycles. The molecule has 1 saturated carbocycles. The van der Waals surface area contributed by atoms with Crippen molar-refractivity contribution in [2.24, 2.45) is 11.8 Å². The predicted molar refractivity (Wildman–Crippen MR) is 113 cm³/mol. The SMILES string of the molecule is CCCc1cc2oc3cc(OCC4CCC(CCC)CC4)c(F)c(F)c3c2c(F)c1F. The Morgan fingerprint density at radius 2 is 1.42 bits per heavy atom. The van der Waals surface area contributed by atoms with Gasteiger partial charge in [0.1, 0.15) is 11.2 Å². The first-order chi connectivity index (χ1) is 14.9. The van der Waals surface area contributed by atoms with Gasteiger partial charge in [-0.15, -0.1) is 0 Å². The van der Waals surface area contributed by atoms with Crippen LogP contribution < -0.4 is 4.74 Å². The van der Waals surface area contributed by atoms with E-state index >= 15 is 0 Å². The van der Waals surface area contributed by atoms with Gasteiger partial charge in [-0.1, -0.05) is 46.0 Å². The number of benzene rings is 2.